The maximum Gasteiger partial charge on any atom is 0.131 e. The van der Waals surface area contributed by atoms with E-state index in [1.54, 1.807) is 18.2 Å². The molecule has 0 spiro atoms. The van der Waals surface area contributed by atoms with Gasteiger partial charge < -0.3 is 15.2 Å². The molecule has 1 aliphatic heterocycles. The van der Waals surface area contributed by atoms with E-state index in [4.69, 9.17) is 32.2 Å². The average Bonchev–Trinajstić information content (AvgIpc) is 2.87. The van der Waals surface area contributed by atoms with Gasteiger partial charge in [0.1, 0.15) is 11.6 Å². The van der Waals surface area contributed by atoms with Crippen molar-refractivity contribution in [3.8, 4) is 5.75 Å². The molecule has 1 aromatic carbocycles. The van der Waals surface area contributed by atoms with Gasteiger partial charge in [0.25, 0.3) is 0 Å². The summed E-state index contributed by atoms with van der Waals surface area (Å²) in [6.45, 7) is 1.47. The summed E-state index contributed by atoms with van der Waals surface area (Å²) in [5.41, 5.74) is 5.99. The Morgan fingerprint density at radius 2 is 2.37 bits per heavy atom. The number of nitrogen functional groups attached to an aromatic ring is 1. The molecule has 4 nitrogen and oxygen atoms in total. The summed E-state index contributed by atoms with van der Waals surface area (Å²) < 4.78 is 11.2. The van der Waals surface area contributed by atoms with Crippen molar-refractivity contribution in [2.24, 2.45) is 5.73 Å². The maximum atomic E-state index is 7.53. The molecule has 104 valence electrons. The van der Waals surface area contributed by atoms with Crippen molar-refractivity contribution >= 4 is 17.4 Å². The highest BCUT2D eigenvalue weighted by molar-refractivity contribution is 6.34. The minimum atomic E-state index is -0.0697. The molecular weight excluding hydrogens is 264 g/mol. The van der Waals surface area contributed by atoms with Crippen LogP contribution in [-0.4, -0.2) is 25.2 Å². The van der Waals surface area contributed by atoms with Gasteiger partial charge in [0.2, 0.25) is 0 Å². The average molecular weight is 283 g/mol. The molecule has 2 rings (SSSR count). The molecule has 0 amide bonds. The van der Waals surface area contributed by atoms with E-state index in [-0.39, 0.29) is 5.84 Å². The van der Waals surface area contributed by atoms with Crippen LogP contribution in [0.25, 0.3) is 0 Å². The molecule has 0 aliphatic carbocycles. The molecule has 0 aromatic heterocycles. The summed E-state index contributed by atoms with van der Waals surface area (Å²) in [6, 6.07) is 5.29. The molecule has 0 saturated carbocycles. The largest absolute Gasteiger partial charge is 0.493 e. The molecule has 1 aliphatic rings. The fourth-order valence-electron chi connectivity index (χ4n) is 2.25. The van der Waals surface area contributed by atoms with Gasteiger partial charge in [0.05, 0.1) is 23.3 Å². The second-order valence-corrected chi connectivity index (χ2v) is 5.06. The zero-order chi connectivity index (χ0) is 13.7. The second-order valence-electron chi connectivity index (χ2n) is 4.65. The number of ether oxygens (including phenoxy) is 2. The lowest BCUT2D eigenvalue weighted by Gasteiger charge is -2.13. The quantitative estimate of drug-likeness (QED) is 0.479. The van der Waals surface area contributed by atoms with Crippen LogP contribution in [0, 0.1) is 5.41 Å². The zero-order valence-corrected chi connectivity index (χ0v) is 11.6. The fourth-order valence-corrected chi connectivity index (χ4v) is 2.52. The smallest absolute Gasteiger partial charge is 0.131 e. The third-order valence-electron chi connectivity index (χ3n) is 3.20. The molecule has 0 radical (unpaired) electrons. The maximum absolute atomic E-state index is 7.53. The topological polar surface area (TPSA) is 68.3 Å². The minimum Gasteiger partial charge on any atom is -0.493 e. The van der Waals surface area contributed by atoms with E-state index in [0.29, 0.717) is 29.0 Å². The van der Waals surface area contributed by atoms with Crippen molar-refractivity contribution in [2.45, 2.75) is 31.8 Å². The van der Waals surface area contributed by atoms with E-state index in [0.717, 1.165) is 32.3 Å². The monoisotopic (exact) mass is 282 g/mol. The number of hydrogen-bond donors (Lipinski definition) is 2. The number of amidine groups is 1. The van der Waals surface area contributed by atoms with Gasteiger partial charge in [-0.15, -0.1) is 0 Å². The molecule has 1 heterocycles. The van der Waals surface area contributed by atoms with Gasteiger partial charge in [-0.25, -0.2) is 0 Å². The Balaban J connectivity index is 1.85. The lowest BCUT2D eigenvalue weighted by atomic mass is 10.1. The summed E-state index contributed by atoms with van der Waals surface area (Å²) in [5, 5.41) is 7.98. The SMILES string of the molecule is N=C(N)c1c(Cl)cccc1OCCCC1CCCO1. The van der Waals surface area contributed by atoms with Crippen LogP contribution in [0.5, 0.6) is 5.75 Å². The molecule has 1 unspecified atom stereocenters. The van der Waals surface area contributed by atoms with Gasteiger partial charge in [-0.3, -0.25) is 5.41 Å². The fraction of sp³-hybridized carbons (Fsp3) is 0.500. The van der Waals surface area contributed by atoms with Gasteiger partial charge in [-0.1, -0.05) is 17.7 Å². The van der Waals surface area contributed by atoms with Crippen molar-refractivity contribution in [1.29, 1.82) is 5.41 Å². The van der Waals surface area contributed by atoms with E-state index in [1.165, 1.54) is 0 Å². The Kier molecular flexibility index (Phi) is 5.05. The highest BCUT2D eigenvalue weighted by Gasteiger charge is 2.15. The third-order valence-corrected chi connectivity index (χ3v) is 3.51. The summed E-state index contributed by atoms with van der Waals surface area (Å²) in [6.07, 6.45) is 4.63. The molecule has 1 fully saturated rings. The highest BCUT2D eigenvalue weighted by atomic mass is 35.5. The lowest BCUT2D eigenvalue weighted by molar-refractivity contribution is 0.0981. The molecular formula is C14H19ClN2O2. The van der Waals surface area contributed by atoms with Crippen molar-refractivity contribution in [1.82, 2.24) is 0 Å². The Morgan fingerprint density at radius 1 is 1.53 bits per heavy atom. The lowest BCUT2D eigenvalue weighted by Crippen LogP contribution is -2.14. The first kappa shape index (κ1) is 14.2. The summed E-state index contributed by atoms with van der Waals surface area (Å²) in [4.78, 5) is 0. The predicted molar refractivity (Wildman–Crippen MR) is 76.2 cm³/mol. The van der Waals surface area contributed by atoms with Crippen LogP contribution in [0.3, 0.4) is 0 Å². The number of benzene rings is 1. The van der Waals surface area contributed by atoms with Crippen molar-refractivity contribution in [3.63, 3.8) is 0 Å². The Morgan fingerprint density at radius 3 is 3.05 bits per heavy atom. The summed E-state index contributed by atoms with van der Waals surface area (Å²) in [7, 11) is 0. The normalized spacial score (nSPS) is 18.5. The van der Waals surface area contributed by atoms with Crippen LogP contribution < -0.4 is 10.5 Å². The van der Waals surface area contributed by atoms with Gasteiger partial charge in [-0.05, 0) is 37.8 Å². The second kappa shape index (κ2) is 6.78. The van der Waals surface area contributed by atoms with Crippen molar-refractivity contribution in [3.05, 3.63) is 28.8 Å². The first-order valence-electron chi connectivity index (χ1n) is 6.56. The van der Waals surface area contributed by atoms with E-state index >= 15 is 0 Å². The van der Waals surface area contributed by atoms with Crippen LogP contribution in [0.2, 0.25) is 5.02 Å². The Bertz CT molecular complexity index is 445. The van der Waals surface area contributed by atoms with Crippen LogP contribution in [0.1, 0.15) is 31.2 Å². The van der Waals surface area contributed by atoms with E-state index in [1.807, 2.05) is 0 Å². The summed E-state index contributed by atoms with van der Waals surface area (Å²) >= 11 is 6.02. The first-order chi connectivity index (χ1) is 9.18. The van der Waals surface area contributed by atoms with Gasteiger partial charge in [0.15, 0.2) is 0 Å². The number of halogens is 1. The van der Waals surface area contributed by atoms with Gasteiger partial charge in [0, 0.05) is 6.61 Å². The number of nitrogens with two attached hydrogens (primary N) is 1. The van der Waals surface area contributed by atoms with Crippen LogP contribution in [0.15, 0.2) is 18.2 Å². The van der Waals surface area contributed by atoms with Gasteiger partial charge in [-0.2, -0.15) is 0 Å². The van der Waals surface area contributed by atoms with Crippen LogP contribution >= 0.6 is 11.6 Å². The number of hydrogen-bond acceptors (Lipinski definition) is 3. The molecule has 5 heteroatoms. The Labute approximate surface area is 118 Å². The highest BCUT2D eigenvalue weighted by Crippen LogP contribution is 2.26. The number of nitrogens with one attached hydrogen (secondary N) is 1. The van der Waals surface area contributed by atoms with Crippen molar-refractivity contribution in [2.75, 3.05) is 13.2 Å². The van der Waals surface area contributed by atoms with E-state index in [2.05, 4.69) is 0 Å². The summed E-state index contributed by atoms with van der Waals surface area (Å²) in [5.74, 6) is 0.507. The van der Waals surface area contributed by atoms with E-state index in [9.17, 15) is 0 Å². The number of rotatable bonds is 6. The van der Waals surface area contributed by atoms with Crippen LogP contribution in [-0.2, 0) is 4.74 Å². The third kappa shape index (κ3) is 3.85. The molecule has 1 saturated heterocycles. The zero-order valence-electron chi connectivity index (χ0n) is 10.8. The first-order valence-corrected chi connectivity index (χ1v) is 6.93. The molecule has 1 atom stereocenters. The standard InChI is InChI=1S/C14H19ClN2O2/c15-11-6-1-7-12(13(11)14(16)17)19-9-3-5-10-4-2-8-18-10/h1,6-7,10H,2-5,8-9H2,(H3,16,17). The minimum absolute atomic E-state index is 0.0697. The molecule has 1 aromatic rings. The molecule has 3 N–H and O–H groups in total. The Hall–Kier alpha value is -1.26. The molecule has 19 heavy (non-hydrogen) atoms. The van der Waals surface area contributed by atoms with Gasteiger partial charge >= 0.3 is 0 Å². The molecule has 0 bridgehead atoms. The van der Waals surface area contributed by atoms with Crippen molar-refractivity contribution < 1.29 is 9.47 Å². The predicted octanol–water partition coefficient (Wildman–Crippen LogP) is 2.96. The van der Waals surface area contributed by atoms with Crippen LogP contribution in [0.4, 0.5) is 0 Å². The van der Waals surface area contributed by atoms with E-state index < -0.39 is 0 Å².